The lowest BCUT2D eigenvalue weighted by Crippen LogP contribution is -2.30. The van der Waals surface area contributed by atoms with Crippen LogP contribution in [0, 0.1) is 12.7 Å². The Bertz CT molecular complexity index is 597. The van der Waals surface area contributed by atoms with E-state index in [1.165, 1.54) is 6.07 Å². The third kappa shape index (κ3) is 3.30. The first-order valence-electron chi connectivity index (χ1n) is 6.18. The van der Waals surface area contributed by atoms with E-state index in [0.29, 0.717) is 22.0 Å². The van der Waals surface area contributed by atoms with Gasteiger partial charge in [0, 0.05) is 15.6 Å². The summed E-state index contributed by atoms with van der Waals surface area (Å²) in [5, 5.41) is 0.980. The Morgan fingerprint density at radius 1 is 1.20 bits per heavy atom. The maximum absolute atomic E-state index is 13.8. The van der Waals surface area contributed by atoms with Crippen molar-refractivity contribution < 1.29 is 4.39 Å². The van der Waals surface area contributed by atoms with Crippen molar-refractivity contribution in [3.8, 4) is 0 Å². The summed E-state index contributed by atoms with van der Waals surface area (Å²) in [6, 6.07) is 9.98. The fraction of sp³-hybridized carbons (Fsp3) is 0.200. The van der Waals surface area contributed by atoms with Crippen molar-refractivity contribution >= 4 is 23.2 Å². The van der Waals surface area contributed by atoms with Gasteiger partial charge in [0.05, 0.1) is 6.04 Å². The highest BCUT2D eigenvalue weighted by Crippen LogP contribution is 2.29. The Morgan fingerprint density at radius 2 is 1.95 bits per heavy atom. The molecule has 2 rings (SSSR count). The predicted molar refractivity (Wildman–Crippen MR) is 81.4 cm³/mol. The quantitative estimate of drug-likeness (QED) is 0.656. The molecule has 0 bridgehead atoms. The second-order valence-corrected chi connectivity index (χ2v) is 5.46. The monoisotopic (exact) mass is 312 g/mol. The molecule has 2 nitrogen and oxygen atoms in total. The molecular formula is C15H15Cl2FN2. The summed E-state index contributed by atoms with van der Waals surface area (Å²) < 4.78 is 13.8. The number of benzene rings is 2. The summed E-state index contributed by atoms with van der Waals surface area (Å²) in [5.41, 5.74) is 4.97. The van der Waals surface area contributed by atoms with E-state index in [-0.39, 0.29) is 11.9 Å². The summed E-state index contributed by atoms with van der Waals surface area (Å²) in [5.74, 6) is 5.24. The molecule has 0 fully saturated rings. The summed E-state index contributed by atoms with van der Waals surface area (Å²) in [4.78, 5) is 0. The molecule has 1 unspecified atom stereocenters. The molecule has 2 aromatic carbocycles. The largest absolute Gasteiger partial charge is 0.271 e. The average molecular weight is 313 g/mol. The Morgan fingerprint density at radius 3 is 2.55 bits per heavy atom. The van der Waals surface area contributed by atoms with Crippen LogP contribution in [0.1, 0.15) is 22.7 Å². The third-order valence-corrected chi connectivity index (χ3v) is 3.88. The number of nitrogens with one attached hydrogen (secondary N) is 1. The molecule has 0 aliphatic rings. The molecule has 0 radical (unpaired) electrons. The highest BCUT2D eigenvalue weighted by Gasteiger charge is 2.18. The number of hydrogen-bond donors (Lipinski definition) is 2. The summed E-state index contributed by atoms with van der Waals surface area (Å²) >= 11 is 12.3. The third-order valence-electron chi connectivity index (χ3n) is 3.20. The number of rotatable bonds is 4. The lowest BCUT2D eigenvalue weighted by atomic mass is 9.98. The van der Waals surface area contributed by atoms with Crippen molar-refractivity contribution in [3.05, 3.63) is 69.0 Å². The zero-order chi connectivity index (χ0) is 14.7. The van der Waals surface area contributed by atoms with Crippen LogP contribution in [0.5, 0.6) is 0 Å². The van der Waals surface area contributed by atoms with Crippen LogP contribution in [0.15, 0.2) is 36.4 Å². The lowest BCUT2D eigenvalue weighted by Gasteiger charge is -2.19. The molecule has 3 N–H and O–H groups in total. The molecule has 0 aromatic heterocycles. The first-order valence-corrected chi connectivity index (χ1v) is 6.93. The van der Waals surface area contributed by atoms with Gasteiger partial charge >= 0.3 is 0 Å². The van der Waals surface area contributed by atoms with E-state index in [0.717, 1.165) is 11.1 Å². The van der Waals surface area contributed by atoms with E-state index in [4.69, 9.17) is 29.0 Å². The second-order valence-electron chi connectivity index (χ2n) is 4.65. The van der Waals surface area contributed by atoms with E-state index in [9.17, 15) is 4.39 Å². The second kappa shape index (κ2) is 6.55. The van der Waals surface area contributed by atoms with Gasteiger partial charge < -0.3 is 0 Å². The van der Waals surface area contributed by atoms with Gasteiger partial charge in [-0.2, -0.15) is 0 Å². The van der Waals surface area contributed by atoms with Gasteiger partial charge in [-0.25, -0.2) is 4.39 Å². The molecule has 20 heavy (non-hydrogen) atoms. The highest BCUT2D eigenvalue weighted by atomic mass is 35.5. The van der Waals surface area contributed by atoms with Crippen molar-refractivity contribution in [3.63, 3.8) is 0 Å². The van der Waals surface area contributed by atoms with Gasteiger partial charge in [-0.05, 0) is 42.7 Å². The zero-order valence-corrected chi connectivity index (χ0v) is 12.5. The molecular weight excluding hydrogens is 298 g/mol. The van der Waals surface area contributed by atoms with E-state index >= 15 is 0 Å². The van der Waals surface area contributed by atoms with E-state index in [2.05, 4.69) is 5.43 Å². The smallest absolute Gasteiger partial charge is 0.127 e. The van der Waals surface area contributed by atoms with Crippen LogP contribution in [0.2, 0.25) is 10.0 Å². The molecule has 0 saturated carbocycles. The Balaban J connectivity index is 2.34. The number of halogens is 3. The standard InChI is InChI=1S/C15H15Cl2FN2/c1-9-5-6-10(13(17)7-9)15(20-19)8-11-12(16)3-2-4-14(11)18/h2-7,15,20H,8,19H2,1H3. The Labute approximate surface area is 127 Å². The molecule has 0 saturated heterocycles. The van der Waals surface area contributed by atoms with Crippen molar-refractivity contribution in [1.82, 2.24) is 5.43 Å². The minimum atomic E-state index is -0.346. The number of hydrogen-bond acceptors (Lipinski definition) is 2. The first-order chi connectivity index (χ1) is 9.52. The number of nitrogens with two attached hydrogens (primary N) is 1. The average Bonchev–Trinajstić information content (AvgIpc) is 2.40. The van der Waals surface area contributed by atoms with Crippen LogP contribution >= 0.6 is 23.2 Å². The van der Waals surface area contributed by atoms with Crippen LogP contribution in [0.4, 0.5) is 4.39 Å². The van der Waals surface area contributed by atoms with Crippen LogP contribution in [0.25, 0.3) is 0 Å². The molecule has 5 heteroatoms. The summed E-state index contributed by atoms with van der Waals surface area (Å²) in [7, 11) is 0. The molecule has 0 heterocycles. The molecule has 0 aliphatic heterocycles. The van der Waals surface area contributed by atoms with Crippen molar-refractivity contribution in [2.75, 3.05) is 0 Å². The lowest BCUT2D eigenvalue weighted by molar-refractivity contribution is 0.529. The molecule has 0 aliphatic carbocycles. The van der Waals surface area contributed by atoms with E-state index in [1.807, 2.05) is 25.1 Å². The van der Waals surface area contributed by atoms with Gasteiger partial charge in [0.15, 0.2) is 0 Å². The maximum atomic E-state index is 13.8. The fourth-order valence-electron chi connectivity index (χ4n) is 2.10. The minimum absolute atomic E-state index is 0.308. The van der Waals surface area contributed by atoms with Gasteiger partial charge in [0.2, 0.25) is 0 Å². The fourth-order valence-corrected chi connectivity index (χ4v) is 2.71. The number of aryl methyl sites for hydroxylation is 1. The van der Waals surface area contributed by atoms with Crippen LogP contribution in [-0.4, -0.2) is 0 Å². The number of hydrazine groups is 1. The Kier molecular flexibility index (Phi) is 5.00. The zero-order valence-electron chi connectivity index (χ0n) is 11.0. The van der Waals surface area contributed by atoms with Gasteiger partial charge in [0.1, 0.15) is 5.82 Å². The van der Waals surface area contributed by atoms with Gasteiger partial charge in [-0.3, -0.25) is 11.3 Å². The predicted octanol–water partition coefficient (Wildman–Crippen LogP) is 4.19. The molecule has 0 spiro atoms. The van der Waals surface area contributed by atoms with Crippen molar-refractivity contribution in [2.45, 2.75) is 19.4 Å². The molecule has 2 aromatic rings. The summed E-state index contributed by atoms with van der Waals surface area (Å²) in [6.45, 7) is 1.95. The minimum Gasteiger partial charge on any atom is -0.271 e. The molecule has 106 valence electrons. The molecule has 0 amide bonds. The first kappa shape index (κ1) is 15.3. The van der Waals surface area contributed by atoms with E-state index in [1.54, 1.807) is 12.1 Å². The highest BCUT2D eigenvalue weighted by molar-refractivity contribution is 6.31. The summed E-state index contributed by atoms with van der Waals surface area (Å²) in [6.07, 6.45) is 0.324. The van der Waals surface area contributed by atoms with Crippen molar-refractivity contribution in [1.29, 1.82) is 0 Å². The van der Waals surface area contributed by atoms with Crippen LogP contribution in [0.3, 0.4) is 0 Å². The normalized spacial score (nSPS) is 12.4. The topological polar surface area (TPSA) is 38.0 Å². The van der Waals surface area contributed by atoms with Crippen LogP contribution in [-0.2, 0) is 6.42 Å². The Hall–Kier alpha value is -1.13. The van der Waals surface area contributed by atoms with Gasteiger partial charge in [-0.15, -0.1) is 0 Å². The SMILES string of the molecule is Cc1ccc(C(Cc2c(F)cccc2Cl)NN)c(Cl)c1. The van der Waals surface area contributed by atoms with Gasteiger partial charge in [0.25, 0.3) is 0 Å². The van der Waals surface area contributed by atoms with Crippen molar-refractivity contribution in [2.24, 2.45) is 5.84 Å². The van der Waals surface area contributed by atoms with Gasteiger partial charge in [-0.1, -0.05) is 41.4 Å². The maximum Gasteiger partial charge on any atom is 0.127 e. The van der Waals surface area contributed by atoms with E-state index < -0.39 is 0 Å². The van der Waals surface area contributed by atoms with Crippen LogP contribution < -0.4 is 11.3 Å². The molecule has 1 atom stereocenters.